The molecule has 0 unspecified atom stereocenters. The predicted octanol–water partition coefficient (Wildman–Crippen LogP) is 3.95. The van der Waals surface area contributed by atoms with Crippen molar-refractivity contribution in [3.8, 4) is 5.75 Å². The molecular weight excluding hydrogens is 314 g/mol. The first-order valence-electron chi connectivity index (χ1n) is 7.93. The van der Waals surface area contributed by atoms with Crippen LogP contribution in [-0.4, -0.2) is 18.0 Å². The number of carbonyl (C=O) groups is 1. The zero-order chi connectivity index (χ0) is 17.5. The Morgan fingerprint density at radius 2 is 1.84 bits per heavy atom. The van der Waals surface area contributed by atoms with Crippen molar-refractivity contribution in [3.05, 3.63) is 84.2 Å². The number of aromatic nitrogens is 1. The molecule has 1 aromatic heterocycles. The van der Waals surface area contributed by atoms with Crippen molar-refractivity contribution in [2.24, 2.45) is 0 Å². The van der Waals surface area contributed by atoms with Gasteiger partial charge >= 0.3 is 0 Å². The van der Waals surface area contributed by atoms with E-state index in [1.807, 2.05) is 54.6 Å². The highest BCUT2D eigenvalue weighted by atomic mass is 16.5. The van der Waals surface area contributed by atoms with Crippen molar-refractivity contribution < 1.29 is 9.53 Å². The molecule has 0 atom stereocenters. The standard InChI is InChI=1S/C20H19N3O2/c1-25-17-10-8-16(9-11-17)23-20(24)18-6-2-3-7-19(18)22-14-15-5-4-12-21-13-15/h2-13,22H,14H2,1H3,(H,23,24). The number of nitrogens with one attached hydrogen (secondary N) is 2. The van der Waals surface area contributed by atoms with E-state index < -0.39 is 0 Å². The summed E-state index contributed by atoms with van der Waals surface area (Å²) >= 11 is 0. The van der Waals surface area contributed by atoms with Crippen LogP contribution in [0.3, 0.4) is 0 Å². The maximum Gasteiger partial charge on any atom is 0.257 e. The van der Waals surface area contributed by atoms with E-state index in [9.17, 15) is 4.79 Å². The van der Waals surface area contributed by atoms with Crippen LogP contribution >= 0.6 is 0 Å². The van der Waals surface area contributed by atoms with Crippen LogP contribution in [0.1, 0.15) is 15.9 Å². The van der Waals surface area contributed by atoms with E-state index in [-0.39, 0.29) is 5.91 Å². The van der Waals surface area contributed by atoms with Gasteiger partial charge in [-0.05, 0) is 48.0 Å². The van der Waals surface area contributed by atoms with E-state index in [0.29, 0.717) is 17.8 Å². The van der Waals surface area contributed by atoms with Crippen LogP contribution in [0.25, 0.3) is 0 Å². The van der Waals surface area contributed by atoms with Crippen LogP contribution in [0.2, 0.25) is 0 Å². The van der Waals surface area contributed by atoms with E-state index in [0.717, 1.165) is 17.0 Å². The van der Waals surface area contributed by atoms with Crippen molar-refractivity contribution in [2.45, 2.75) is 6.54 Å². The minimum absolute atomic E-state index is 0.167. The molecule has 0 saturated heterocycles. The molecule has 126 valence electrons. The quantitative estimate of drug-likeness (QED) is 0.717. The molecule has 1 heterocycles. The van der Waals surface area contributed by atoms with Crippen LogP contribution < -0.4 is 15.4 Å². The molecule has 5 nitrogen and oxygen atoms in total. The number of para-hydroxylation sites is 1. The summed E-state index contributed by atoms with van der Waals surface area (Å²) in [5, 5.41) is 6.19. The van der Waals surface area contributed by atoms with Gasteiger partial charge in [-0.25, -0.2) is 0 Å². The third-order valence-corrected chi connectivity index (χ3v) is 3.73. The van der Waals surface area contributed by atoms with Gasteiger partial charge in [-0.1, -0.05) is 18.2 Å². The van der Waals surface area contributed by atoms with Gasteiger partial charge in [-0.15, -0.1) is 0 Å². The number of benzene rings is 2. The zero-order valence-corrected chi connectivity index (χ0v) is 13.9. The summed E-state index contributed by atoms with van der Waals surface area (Å²) in [5.41, 5.74) is 3.13. The second-order valence-electron chi connectivity index (χ2n) is 5.44. The van der Waals surface area contributed by atoms with Gasteiger partial charge in [0.05, 0.1) is 12.7 Å². The number of pyridine rings is 1. The van der Waals surface area contributed by atoms with Crippen molar-refractivity contribution in [3.63, 3.8) is 0 Å². The molecule has 0 radical (unpaired) electrons. The summed E-state index contributed by atoms with van der Waals surface area (Å²) in [4.78, 5) is 16.7. The summed E-state index contributed by atoms with van der Waals surface area (Å²) in [6, 6.07) is 18.5. The topological polar surface area (TPSA) is 63.2 Å². The number of hydrogen-bond acceptors (Lipinski definition) is 4. The SMILES string of the molecule is COc1ccc(NC(=O)c2ccccc2NCc2cccnc2)cc1. The van der Waals surface area contributed by atoms with Gasteiger partial charge in [0.1, 0.15) is 5.75 Å². The van der Waals surface area contributed by atoms with Crippen LogP contribution in [-0.2, 0) is 6.54 Å². The lowest BCUT2D eigenvalue weighted by Crippen LogP contribution is -2.14. The molecule has 0 saturated carbocycles. The molecule has 2 aromatic carbocycles. The number of nitrogens with zero attached hydrogens (tertiary/aromatic N) is 1. The Kier molecular flexibility index (Phi) is 5.26. The Morgan fingerprint density at radius 3 is 2.56 bits per heavy atom. The summed E-state index contributed by atoms with van der Waals surface area (Å²) in [6.07, 6.45) is 3.53. The number of ether oxygens (including phenoxy) is 1. The van der Waals surface area contributed by atoms with Gasteiger partial charge in [0, 0.05) is 30.3 Å². The van der Waals surface area contributed by atoms with E-state index in [2.05, 4.69) is 15.6 Å². The van der Waals surface area contributed by atoms with Crippen LogP contribution in [0.5, 0.6) is 5.75 Å². The Morgan fingerprint density at radius 1 is 1.04 bits per heavy atom. The molecule has 0 fully saturated rings. The fourth-order valence-electron chi connectivity index (χ4n) is 2.41. The maximum atomic E-state index is 12.6. The van der Waals surface area contributed by atoms with E-state index in [4.69, 9.17) is 4.74 Å². The Labute approximate surface area is 146 Å². The van der Waals surface area contributed by atoms with Crippen LogP contribution in [0, 0.1) is 0 Å². The van der Waals surface area contributed by atoms with Gasteiger partial charge in [-0.2, -0.15) is 0 Å². The number of amides is 1. The van der Waals surface area contributed by atoms with Gasteiger partial charge in [0.25, 0.3) is 5.91 Å². The first-order valence-corrected chi connectivity index (χ1v) is 7.93. The van der Waals surface area contributed by atoms with Crippen LogP contribution in [0.4, 0.5) is 11.4 Å². The summed E-state index contributed by atoms with van der Waals surface area (Å²) in [7, 11) is 1.61. The number of methoxy groups -OCH3 is 1. The highest BCUT2D eigenvalue weighted by Crippen LogP contribution is 2.20. The largest absolute Gasteiger partial charge is 0.497 e. The Bertz CT molecular complexity index is 833. The smallest absolute Gasteiger partial charge is 0.257 e. The summed E-state index contributed by atoms with van der Waals surface area (Å²) < 4.78 is 5.12. The first kappa shape index (κ1) is 16.5. The molecule has 0 bridgehead atoms. The average Bonchev–Trinajstić information content (AvgIpc) is 2.68. The van der Waals surface area contributed by atoms with E-state index in [1.54, 1.807) is 25.6 Å². The lowest BCUT2D eigenvalue weighted by Gasteiger charge is -2.12. The van der Waals surface area contributed by atoms with Gasteiger partial charge in [0.2, 0.25) is 0 Å². The van der Waals surface area contributed by atoms with Crippen molar-refractivity contribution in [2.75, 3.05) is 17.7 Å². The van der Waals surface area contributed by atoms with Gasteiger partial charge in [-0.3, -0.25) is 9.78 Å². The molecule has 3 rings (SSSR count). The molecule has 0 aliphatic carbocycles. The van der Waals surface area contributed by atoms with Crippen LogP contribution in [0.15, 0.2) is 73.1 Å². The highest BCUT2D eigenvalue weighted by molar-refractivity contribution is 6.08. The third-order valence-electron chi connectivity index (χ3n) is 3.73. The number of carbonyl (C=O) groups excluding carboxylic acids is 1. The molecular formula is C20H19N3O2. The fraction of sp³-hybridized carbons (Fsp3) is 0.100. The molecule has 1 amide bonds. The maximum absolute atomic E-state index is 12.6. The number of hydrogen-bond donors (Lipinski definition) is 2. The van der Waals surface area contributed by atoms with Crippen molar-refractivity contribution >= 4 is 17.3 Å². The van der Waals surface area contributed by atoms with Crippen molar-refractivity contribution in [1.82, 2.24) is 4.98 Å². The Balaban J connectivity index is 1.71. The molecule has 5 heteroatoms. The molecule has 0 aliphatic rings. The normalized spacial score (nSPS) is 10.1. The van der Waals surface area contributed by atoms with Crippen molar-refractivity contribution in [1.29, 1.82) is 0 Å². The van der Waals surface area contributed by atoms with E-state index in [1.165, 1.54) is 0 Å². The fourth-order valence-corrected chi connectivity index (χ4v) is 2.41. The minimum Gasteiger partial charge on any atom is -0.497 e. The predicted molar refractivity (Wildman–Crippen MR) is 99.0 cm³/mol. The monoisotopic (exact) mass is 333 g/mol. The molecule has 3 aromatic rings. The van der Waals surface area contributed by atoms with E-state index >= 15 is 0 Å². The number of rotatable bonds is 6. The summed E-state index contributed by atoms with van der Waals surface area (Å²) in [6.45, 7) is 0.598. The minimum atomic E-state index is -0.167. The first-order chi connectivity index (χ1) is 12.3. The zero-order valence-electron chi connectivity index (χ0n) is 13.9. The second-order valence-corrected chi connectivity index (χ2v) is 5.44. The number of anilines is 2. The average molecular weight is 333 g/mol. The third kappa shape index (κ3) is 4.35. The molecule has 25 heavy (non-hydrogen) atoms. The highest BCUT2D eigenvalue weighted by Gasteiger charge is 2.11. The molecule has 2 N–H and O–H groups in total. The second kappa shape index (κ2) is 7.97. The molecule has 0 spiro atoms. The van der Waals surface area contributed by atoms with Gasteiger partial charge < -0.3 is 15.4 Å². The lowest BCUT2D eigenvalue weighted by molar-refractivity contribution is 0.102. The lowest BCUT2D eigenvalue weighted by atomic mass is 10.1. The molecule has 0 aliphatic heterocycles. The summed E-state index contributed by atoms with van der Waals surface area (Å²) in [5.74, 6) is 0.580. The van der Waals surface area contributed by atoms with Gasteiger partial charge in [0.15, 0.2) is 0 Å². The Hall–Kier alpha value is -3.34.